The number of aliphatic hydroxyl groups excluding tert-OH is 2. The monoisotopic (exact) mass is 227 g/mol. The summed E-state index contributed by atoms with van der Waals surface area (Å²) in [7, 11) is -4.11. The first-order valence-corrected chi connectivity index (χ1v) is 5.96. The molecule has 0 aliphatic carbocycles. The SMILES string of the molecule is CCC(CO)N(CCO)CS(=O)(=O)O. The van der Waals surface area contributed by atoms with Crippen molar-refractivity contribution in [3.05, 3.63) is 0 Å². The lowest BCUT2D eigenvalue weighted by molar-refractivity contribution is 0.113. The second-order valence-electron chi connectivity index (χ2n) is 2.99. The Hall–Kier alpha value is -0.210. The van der Waals surface area contributed by atoms with Gasteiger partial charge in [0.2, 0.25) is 0 Å². The molecule has 0 bridgehead atoms. The molecule has 1 atom stereocenters. The van der Waals surface area contributed by atoms with Crippen LogP contribution in [0.15, 0.2) is 0 Å². The lowest BCUT2D eigenvalue weighted by Crippen LogP contribution is -2.42. The molecule has 3 N–H and O–H groups in total. The number of nitrogens with zero attached hydrogens (tertiary/aromatic N) is 1. The molecule has 0 fully saturated rings. The van der Waals surface area contributed by atoms with Gasteiger partial charge in [-0.15, -0.1) is 0 Å². The lowest BCUT2D eigenvalue weighted by atomic mass is 10.2. The van der Waals surface area contributed by atoms with Gasteiger partial charge in [-0.25, -0.2) is 0 Å². The molecule has 0 saturated heterocycles. The van der Waals surface area contributed by atoms with Crippen molar-refractivity contribution in [3.8, 4) is 0 Å². The molecule has 0 radical (unpaired) electrons. The molecule has 0 saturated carbocycles. The molecule has 0 rings (SSSR count). The Morgan fingerprint density at radius 1 is 1.36 bits per heavy atom. The fourth-order valence-electron chi connectivity index (χ4n) is 1.19. The van der Waals surface area contributed by atoms with E-state index in [1.54, 1.807) is 6.92 Å². The highest BCUT2D eigenvalue weighted by Gasteiger charge is 2.20. The van der Waals surface area contributed by atoms with E-state index in [-0.39, 0.29) is 25.8 Å². The molecule has 7 heteroatoms. The lowest BCUT2D eigenvalue weighted by Gasteiger charge is -2.27. The zero-order valence-corrected chi connectivity index (χ0v) is 8.94. The van der Waals surface area contributed by atoms with Crippen LogP contribution in [0.2, 0.25) is 0 Å². The Labute approximate surface area is 83.9 Å². The Kier molecular flexibility index (Phi) is 6.21. The van der Waals surface area contributed by atoms with Crippen LogP contribution in [0.5, 0.6) is 0 Å². The summed E-state index contributed by atoms with van der Waals surface area (Å²) in [6.07, 6.45) is 0.548. The summed E-state index contributed by atoms with van der Waals surface area (Å²) in [6.45, 7) is 1.48. The van der Waals surface area contributed by atoms with Crippen LogP contribution < -0.4 is 0 Å². The molecule has 0 spiro atoms. The van der Waals surface area contributed by atoms with Crippen molar-refractivity contribution in [1.29, 1.82) is 0 Å². The van der Waals surface area contributed by atoms with Gasteiger partial charge in [-0.2, -0.15) is 8.42 Å². The molecule has 1 unspecified atom stereocenters. The van der Waals surface area contributed by atoms with Gasteiger partial charge >= 0.3 is 0 Å². The minimum absolute atomic E-state index is 0.110. The van der Waals surface area contributed by atoms with Crippen molar-refractivity contribution in [3.63, 3.8) is 0 Å². The molecule has 0 aromatic heterocycles. The summed E-state index contributed by atoms with van der Waals surface area (Å²) in [6, 6.07) is -0.357. The average Bonchev–Trinajstić information content (AvgIpc) is 2.04. The number of aliphatic hydroxyl groups is 2. The van der Waals surface area contributed by atoms with Crippen molar-refractivity contribution in [2.24, 2.45) is 0 Å². The van der Waals surface area contributed by atoms with Crippen molar-refractivity contribution in [2.75, 3.05) is 25.6 Å². The van der Waals surface area contributed by atoms with E-state index in [4.69, 9.17) is 14.8 Å². The van der Waals surface area contributed by atoms with Crippen molar-refractivity contribution in [2.45, 2.75) is 19.4 Å². The van der Waals surface area contributed by atoms with Gasteiger partial charge < -0.3 is 10.2 Å². The van der Waals surface area contributed by atoms with Crippen LogP contribution in [0, 0.1) is 0 Å². The first kappa shape index (κ1) is 13.8. The molecule has 0 aromatic rings. The third kappa shape index (κ3) is 5.51. The second-order valence-corrected chi connectivity index (χ2v) is 4.41. The predicted octanol–water partition coefficient (Wildman–Crippen LogP) is -1.10. The van der Waals surface area contributed by atoms with Crippen LogP contribution in [0.1, 0.15) is 13.3 Å². The maximum absolute atomic E-state index is 10.6. The predicted molar refractivity (Wildman–Crippen MR) is 51.4 cm³/mol. The Morgan fingerprint density at radius 2 is 1.93 bits per heavy atom. The first-order chi connectivity index (χ1) is 6.44. The molecular formula is C7H17NO5S. The van der Waals surface area contributed by atoms with Crippen molar-refractivity contribution in [1.82, 2.24) is 4.90 Å². The normalized spacial score (nSPS) is 14.6. The smallest absolute Gasteiger partial charge is 0.278 e. The van der Waals surface area contributed by atoms with E-state index >= 15 is 0 Å². The van der Waals surface area contributed by atoms with Gasteiger partial charge in [-0.3, -0.25) is 9.45 Å². The molecule has 0 aliphatic rings. The fourth-order valence-corrected chi connectivity index (χ4v) is 1.95. The molecule has 0 amide bonds. The average molecular weight is 227 g/mol. The highest BCUT2D eigenvalue weighted by Crippen LogP contribution is 2.04. The van der Waals surface area contributed by atoms with E-state index in [0.717, 1.165) is 0 Å². The largest absolute Gasteiger partial charge is 0.395 e. The summed E-state index contributed by atoms with van der Waals surface area (Å²) in [5, 5.41) is 17.6. The molecule has 0 aliphatic heterocycles. The number of rotatable bonds is 7. The van der Waals surface area contributed by atoms with Gasteiger partial charge in [0, 0.05) is 12.6 Å². The molecule has 6 nitrogen and oxygen atoms in total. The van der Waals surface area contributed by atoms with Gasteiger partial charge in [0.25, 0.3) is 10.1 Å². The summed E-state index contributed by atoms with van der Waals surface area (Å²) in [5.41, 5.74) is 0. The van der Waals surface area contributed by atoms with E-state index in [1.807, 2.05) is 0 Å². The van der Waals surface area contributed by atoms with Gasteiger partial charge in [-0.1, -0.05) is 6.92 Å². The van der Waals surface area contributed by atoms with E-state index in [9.17, 15) is 8.42 Å². The van der Waals surface area contributed by atoms with E-state index in [2.05, 4.69) is 0 Å². The second kappa shape index (κ2) is 6.31. The van der Waals surface area contributed by atoms with Gasteiger partial charge in [-0.05, 0) is 6.42 Å². The zero-order valence-electron chi connectivity index (χ0n) is 8.13. The highest BCUT2D eigenvalue weighted by molar-refractivity contribution is 7.85. The molecule has 0 aromatic carbocycles. The van der Waals surface area contributed by atoms with Gasteiger partial charge in [0.15, 0.2) is 0 Å². The molecular weight excluding hydrogens is 210 g/mol. The third-order valence-electron chi connectivity index (χ3n) is 1.91. The summed E-state index contributed by atoms with van der Waals surface area (Å²) >= 11 is 0. The summed E-state index contributed by atoms with van der Waals surface area (Å²) < 4.78 is 29.8. The third-order valence-corrected chi connectivity index (χ3v) is 2.57. The highest BCUT2D eigenvalue weighted by atomic mass is 32.2. The minimum atomic E-state index is -4.11. The van der Waals surface area contributed by atoms with Gasteiger partial charge in [0.05, 0.1) is 13.2 Å². The number of hydrogen-bond acceptors (Lipinski definition) is 5. The van der Waals surface area contributed by atoms with E-state index in [0.29, 0.717) is 6.42 Å². The quantitative estimate of drug-likeness (QED) is 0.477. The van der Waals surface area contributed by atoms with Crippen LogP contribution in [0.3, 0.4) is 0 Å². The molecule has 14 heavy (non-hydrogen) atoms. The van der Waals surface area contributed by atoms with Crippen LogP contribution in [0.4, 0.5) is 0 Å². The van der Waals surface area contributed by atoms with E-state index in [1.165, 1.54) is 4.90 Å². The molecule has 0 heterocycles. The summed E-state index contributed by atoms with van der Waals surface area (Å²) in [4.78, 5) is 1.33. The summed E-state index contributed by atoms with van der Waals surface area (Å²) in [5.74, 6) is -0.563. The van der Waals surface area contributed by atoms with Crippen LogP contribution in [0.25, 0.3) is 0 Å². The molecule has 86 valence electrons. The van der Waals surface area contributed by atoms with Crippen LogP contribution >= 0.6 is 0 Å². The van der Waals surface area contributed by atoms with Crippen LogP contribution in [-0.2, 0) is 10.1 Å². The van der Waals surface area contributed by atoms with Crippen molar-refractivity contribution < 1.29 is 23.2 Å². The van der Waals surface area contributed by atoms with Gasteiger partial charge in [0.1, 0.15) is 5.88 Å². The Morgan fingerprint density at radius 3 is 2.21 bits per heavy atom. The standard InChI is InChI=1S/C7H17NO5S/c1-2-7(5-10)8(3-4-9)6-14(11,12)13/h7,9-10H,2-6H2,1H3,(H,11,12,13). The topological polar surface area (TPSA) is 98.1 Å². The van der Waals surface area contributed by atoms with E-state index < -0.39 is 16.0 Å². The van der Waals surface area contributed by atoms with Crippen LogP contribution in [-0.4, -0.2) is 59.8 Å². The maximum Gasteiger partial charge on any atom is 0.278 e. The maximum atomic E-state index is 10.6. The first-order valence-electron chi connectivity index (χ1n) is 4.35. The number of hydrogen-bond donors (Lipinski definition) is 3. The Balaban J connectivity index is 4.41. The van der Waals surface area contributed by atoms with Crippen molar-refractivity contribution >= 4 is 10.1 Å². The minimum Gasteiger partial charge on any atom is -0.395 e. The Bertz CT molecular complexity index is 236. The fraction of sp³-hybridized carbons (Fsp3) is 1.00. The zero-order chi connectivity index (χ0) is 11.2.